The van der Waals surface area contributed by atoms with Crippen molar-refractivity contribution in [2.45, 2.75) is 20.0 Å². The number of ether oxygens (including phenoxy) is 3. The summed E-state index contributed by atoms with van der Waals surface area (Å²) in [5.41, 5.74) is 1.05. The number of fused-ring (bicyclic) bond motifs is 1. The van der Waals surface area contributed by atoms with Crippen molar-refractivity contribution >= 4 is 17.9 Å². The highest BCUT2D eigenvalue weighted by Gasteiger charge is 2.30. The Morgan fingerprint density at radius 1 is 1.19 bits per heavy atom. The Hall–Kier alpha value is -3.19. The zero-order chi connectivity index (χ0) is 20.0. The van der Waals surface area contributed by atoms with Gasteiger partial charge in [0.25, 0.3) is 0 Å². The van der Waals surface area contributed by atoms with Crippen molar-refractivity contribution in [3.05, 3.63) is 71.0 Å². The number of cyclic esters (lactones) is 2. The molecule has 1 aliphatic rings. The van der Waals surface area contributed by atoms with E-state index in [2.05, 4.69) is 11.3 Å². The first kappa shape index (κ1) is 20.1. The second-order valence-corrected chi connectivity index (χ2v) is 5.87. The van der Waals surface area contributed by atoms with Crippen LogP contribution in [-0.4, -0.2) is 42.3 Å². The summed E-state index contributed by atoms with van der Waals surface area (Å²) in [6.07, 6.45) is 4.17. The van der Waals surface area contributed by atoms with Crippen molar-refractivity contribution in [3.8, 4) is 0 Å². The average molecular weight is 372 g/mol. The minimum Gasteiger partial charge on any atom is -0.491 e. The van der Waals surface area contributed by atoms with Gasteiger partial charge in [0.05, 0.1) is 16.7 Å². The van der Waals surface area contributed by atoms with Gasteiger partial charge in [0.1, 0.15) is 25.1 Å². The van der Waals surface area contributed by atoms with Gasteiger partial charge in [-0.1, -0.05) is 18.2 Å². The molecule has 0 spiro atoms. The van der Waals surface area contributed by atoms with Gasteiger partial charge in [-0.05, 0) is 44.2 Å². The molecule has 1 aromatic carbocycles. The lowest BCUT2D eigenvalue weighted by Gasteiger charge is -2.13. The number of hydrogen-bond acceptors (Lipinski definition) is 7. The van der Waals surface area contributed by atoms with E-state index in [0.29, 0.717) is 5.76 Å². The summed E-state index contributed by atoms with van der Waals surface area (Å²) in [7, 11) is 0. The van der Waals surface area contributed by atoms with Crippen LogP contribution in [-0.2, 0) is 14.2 Å². The van der Waals surface area contributed by atoms with E-state index in [1.807, 2.05) is 6.92 Å². The summed E-state index contributed by atoms with van der Waals surface area (Å²) in [6.45, 7) is 7.00. The van der Waals surface area contributed by atoms with Crippen LogP contribution in [0.1, 0.15) is 44.9 Å². The van der Waals surface area contributed by atoms with Gasteiger partial charge in [0.15, 0.2) is 0 Å². The highest BCUT2D eigenvalue weighted by molar-refractivity contribution is 6.15. The predicted octanol–water partition coefficient (Wildman–Crippen LogP) is 2.57. The average Bonchev–Trinajstić information content (AvgIpc) is 2.93. The molecule has 7 heteroatoms. The van der Waals surface area contributed by atoms with Gasteiger partial charge >= 0.3 is 17.9 Å². The Labute approximate surface area is 156 Å². The first-order valence-electron chi connectivity index (χ1n) is 8.20. The van der Waals surface area contributed by atoms with Crippen molar-refractivity contribution in [1.82, 2.24) is 0 Å². The fourth-order valence-electron chi connectivity index (χ4n) is 2.16. The van der Waals surface area contributed by atoms with Crippen LogP contribution in [0.25, 0.3) is 0 Å². The summed E-state index contributed by atoms with van der Waals surface area (Å²) in [5, 5.41) is 9.91. The summed E-state index contributed by atoms with van der Waals surface area (Å²) in [4.78, 5) is 35.0. The highest BCUT2D eigenvalue weighted by atomic mass is 16.6. The Morgan fingerprint density at radius 2 is 1.85 bits per heavy atom. The second kappa shape index (κ2) is 8.95. The fourth-order valence-corrected chi connectivity index (χ4v) is 2.16. The monoisotopic (exact) mass is 372 g/mol. The normalized spacial score (nSPS) is 14.7. The van der Waals surface area contributed by atoms with Crippen molar-refractivity contribution in [1.29, 1.82) is 0 Å². The van der Waals surface area contributed by atoms with E-state index in [1.165, 1.54) is 18.2 Å². The van der Waals surface area contributed by atoms with Crippen LogP contribution in [0.2, 0.25) is 0 Å². The van der Waals surface area contributed by atoms with Crippen LogP contribution in [0, 0.1) is 0 Å². The molecule has 7 nitrogen and oxygen atoms in total. The smallest absolute Gasteiger partial charge is 0.346 e. The molecule has 0 aromatic heterocycles. The summed E-state index contributed by atoms with van der Waals surface area (Å²) >= 11 is 0. The number of aliphatic hydroxyl groups is 1. The first-order valence-corrected chi connectivity index (χ1v) is 8.20. The number of hydrogen-bond donors (Lipinski definition) is 1. The van der Waals surface area contributed by atoms with Gasteiger partial charge in [-0.2, -0.15) is 0 Å². The summed E-state index contributed by atoms with van der Waals surface area (Å²) in [6, 6.07) is 3.91. The second-order valence-electron chi connectivity index (χ2n) is 5.87. The molecule has 27 heavy (non-hydrogen) atoms. The topological polar surface area (TPSA) is 99.1 Å². The van der Waals surface area contributed by atoms with Crippen LogP contribution in [0.3, 0.4) is 0 Å². The van der Waals surface area contributed by atoms with Crippen molar-refractivity contribution < 1.29 is 33.7 Å². The fraction of sp³-hybridized carbons (Fsp3) is 0.250. The number of rotatable bonds is 8. The van der Waals surface area contributed by atoms with Crippen molar-refractivity contribution in [3.63, 3.8) is 0 Å². The molecule has 0 amide bonds. The quantitative estimate of drug-likeness (QED) is 0.324. The van der Waals surface area contributed by atoms with Crippen LogP contribution in [0.4, 0.5) is 0 Å². The van der Waals surface area contributed by atoms with Gasteiger partial charge in [-0.25, -0.2) is 14.4 Å². The minimum absolute atomic E-state index is 0.0142. The van der Waals surface area contributed by atoms with Gasteiger partial charge in [0.2, 0.25) is 0 Å². The highest BCUT2D eigenvalue weighted by Crippen LogP contribution is 2.21. The van der Waals surface area contributed by atoms with Crippen LogP contribution >= 0.6 is 0 Å². The lowest BCUT2D eigenvalue weighted by molar-refractivity contribution is 0.00396. The molecule has 1 atom stereocenters. The Bertz CT molecular complexity index is 833. The molecule has 1 aliphatic heterocycles. The third kappa shape index (κ3) is 5.39. The Balaban J connectivity index is 1.87. The van der Waals surface area contributed by atoms with E-state index in [0.717, 1.165) is 5.57 Å². The maximum Gasteiger partial charge on any atom is 0.346 e. The maximum atomic E-state index is 12.1. The van der Waals surface area contributed by atoms with E-state index in [9.17, 15) is 19.5 Å². The van der Waals surface area contributed by atoms with E-state index in [-0.39, 0.29) is 29.9 Å². The molecule has 0 saturated carbocycles. The molecule has 0 fully saturated rings. The number of esters is 3. The van der Waals surface area contributed by atoms with Crippen molar-refractivity contribution in [2.75, 3.05) is 13.2 Å². The lowest BCUT2D eigenvalue weighted by Crippen LogP contribution is -2.23. The molecule has 1 unspecified atom stereocenters. The molecule has 2 rings (SSSR count). The van der Waals surface area contributed by atoms with E-state index in [1.54, 1.807) is 25.2 Å². The number of carbonyl (C=O) groups is 3. The molecule has 0 aliphatic carbocycles. The largest absolute Gasteiger partial charge is 0.491 e. The lowest BCUT2D eigenvalue weighted by atomic mass is 10.1. The Morgan fingerprint density at radius 3 is 2.52 bits per heavy atom. The molecule has 142 valence electrons. The van der Waals surface area contributed by atoms with Gasteiger partial charge in [-0.3, -0.25) is 0 Å². The number of carbonyl (C=O) groups excluding carboxylic acids is 3. The summed E-state index contributed by atoms with van der Waals surface area (Å²) < 4.78 is 14.9. The molecule has 1 N–H and O–H groups in total. The van der Waals surface area contributed by atoms with Gasteiger partial charge < -0.3 is 19.3 Å². The van der Waals surface area contributed by atoms with E-state index in [4.69, 9.17) is 9.47 Å². The molecule has 1 aromatic rings. The number of benzene rings is 1. The number of aliphatic hydroxyl groups excluding tert-OH is 1. The SMILES string of the molecule is C=C(C)/C=C\C(=C/C)OCC(O)COC(=O)c1ccc2c(c1)C(=O)OC2=O. The zero-order valence-corrected chi connectivity index (χ0v) is 15.1. The maximum absolute atomic E-state index is 12.1. The Kier molecular flexibility index (Phi) is 6.67. The molecular weight excluding hydrogens is 352 g/mol. The number of allylic oxidation sites excluding steroid dienone is 4. The third-order valence-electron chi connectivity index (χ3n) is 3.55. The third-order valence-corrected chi connectivity index (χ3v) is 3.55. The standard InChI is InChI=1S/C20H20O7/c1-4-15(7-5-12(2)3)25-10-14(21)11-26-18(22)13-6-8-16-17(9-13)20(24)27-19(16)23/h4-9,14,21H,2,10-11H2,1,3H3/b7-5-,15-4+. The van der Waals surface area contributed by atoms with Crippen LogP contribution in [0.15, 0.2) is 54.3 Å². The molecule has 0 bridgehead atoms. The van der Waals surface area contributed by atoms with E-state index < -0.39 is 24.0 Å². The van der Waals surface area contributed by atoms with Gasteiger partial charge in [-0.15, -0.1) is 0 Å². The van der Waals surface area contributed by atoms with E-state index >= 15 is 0 Å². The van der Waals surface area contributed by atoms with Crippen molar-refractivity contribution in [2.24, 2.45) is 0 Å². The molecule has 0 saturated heterocycles. The zero-order valence-electron chi connectivity index (χ0n) is 15.1. The molecule has 1 heterocycles. The minimum atomic E-state index is -1.04. The van der Waals surface area contributed by atoms with Crippen LogP contribution in [0.5, 0.6) is 0 Å². The predicted molar refractivity (Wildman–Crippen MR) is 96.1 cm³/mol. The van der Waals surface area contributed by atoms with Crippen LogP contribution < -0.4 is 0 Å². The molecule has 0 radical (unpaired) electrons. The first-order chi connectivity index (χ1) is 12.8. The molecular formula is C20H20O7. The summed E-state index contributed by atoms with van der Waals surface area (Å²) in [5.74, 6) is -1.75. The van der Waals surface area contributed by atoms with Gasteiger partial charge in [0, 0.05) is 0 Å².